The van der Waals surface area contributed by atoms with Gasteiger partial charge in [-0.2, -0.15) is 0 Å². The third-order valence-corrected chi connectivity index (χ3v) is 7.30. The quantitative estimate of drug-likeness (QED) is 0.614. The van der Waals surface area contributed by atoms with Gasteiger partial charge in [-0.05, 0) is 41.5 Å². The molecule has 0 saturated carbocycles. The van der Waals surface area contributed by atoms with Gasteiger partial charge in [0.05, 0.1) is 26.2 Å². The van der Waals surface area contributed by atoms with Crippen molar-refractivity contribution in [1.29, 1.82) is 0 Å². The van der Waals surface area contributed by atoms with Gasteiger partial charge in [0.25, 0.3) is 0 Å². The number of nitrogens with one attached hydrogen (secondary N) is 1. The van der Waals surface area contributed by atoms with E-state index in [4.69, 9.17) is 4.74 Å². The number of piperidine rings is 1. The fourth-order valence-corrected chi connectivity index (χ4v) is 5.47. The van der Waals surface area contributed by atoms with Gasteiger partial charge >= 0.3 is 0 Å². The Bertz CT molecular complexity index is 979. The fourth-order valence-electron chi connectivity index (χ4n) is 5.47. The van der Waals surface area contributed by atoms with Gasteiger partial charge in [-0.3, -0.25) is 19.4 Å². The normalized spacial score (nSPS) is 22.1. The second-order valence-corrected chi connectivity index (χ2v) is 10.5. The number of nitrogens with zero attached hydrogens (tertiary/aromatic N) is 3. The first-order chi connectivity index (χ1) is 17.4. The first kappa shape index (κ1) is 26.2. The summed E-state index contributed by atoms with van der Waals surface area (Å²) >= 11 is 0. The molecule has 0 unspecified atom stereocenters. The molecule has 2 heterocycles. The van der Waals surface area contributed by atoms with Crippen molar-refractivity contribution >= 4 is 11.8 Å². The lowest BCUT2D eigenvalue weighted by Crippen LogP contribution is -2.53. The van der Waals surface area contributed by atoms with Crippen molar-refractivity contribution in [3.63, 3.8) is 0 Å². The van der Waals surface area contributed by atoms with Gasteiger partial charge in [0.2, 0.25) is 11.8 Å². The van der Waals surface area contributed by atoms with Crippen LogP contribution in [-0.2, 0) is 9.59 Å². The first-order valence-electron chi connectivity index (χ1n) is 13.1. The van der Waals surface area contributed by atoms with Crippen molar-refractivity contribution in [2.45, 2.75) is 26.3 Å². The molecule has 36 heavy (non-hydrogen) atoms. The van der Waals surface area contributed by atoms with Crippen LogP contribution in [0.1, 0.15) is 37.4 Å². The number of carbonyl (C=O) groups excluding carboxylic acids is 2. The Kier molecular flexibility index (Phi) is 8.99. The summed E-state index contributed by atoms with van der Waals surface area (Å²) in [4.78, 5) is 32.4. The van der Waals surface area contributed by atoms with E-state index in [0.717, 1.165) is 56.1 Å². The summed E-state index contributed by atoms with van der Waals surface area (Å²) in [5, 5.41) is 3.23. The van der Waals surface area contributed by atoms with Gasteiger partial charge in [-0.1, -0.05) is 56.3 Å². The number of rotatable bonds is 8. The Morgan fingerprint density at radius 3 is 2.00 bits per heavy atom. The maximum absolute atomic E-state index is 13.1. The Labute approximate surface area is 215 Å². The van der Waals surface area contributed by atoms with E-state index in [1.807, 2.05) is 59.5 Å². The van der Waals surface area contributed by atoms with Gasteiger partial charge in [-0.15, -0.1) is 0 Å². The number of amides is 2. The van der Waals surface area contributed by atoms with Gasteiger partial charge in [-0.25, -0.2) is 0 Å². The molecule has 3 atom stereocenters. The van der Waals surface area contributed by atoms with Crippen LogP contribution in [0.15, 0.2) is 54.6 Å². The highest BCUT2D eigenvalue weighted by Gasteiger charge is 2.28. The maximum atomic E-state index is 13.1. The maximum Gasteiger partial charge on any atom is 0.236 e. The van der Waals surface area contributed by atoms with Crippen LogP contribution in [0.25, 0.3) is 0 Å². The monoisotopic (exact) mass is 492 g/mol. The smallest absolute Gasteiger partial charge is 0.236 e. The number of carbonyl (C=O) groups is 2. The molecule has 0 bridgehead atoms. The minimum absolute atomic E-state index is 0.000453. The van der Waals surface area contributed by atoms with Crippen LogP contribution in [0, 0.1) is 11.8 Å². The Hall–Kier alpha value is -2.90. The predicted molar refractivity (Wildman–Crippen MR) is 142 cm³/mol. The number of benzene rings is 2. The SMILES string of the molecule is COc1ccc([C@@H](NC(=O)CN2CCN(CC(=O)N3C[C@H](C)C[C@H](C)C3)CC2)c2ccccc2)cc1. The van der Waals surface area contributed by atoms with Crippen molar-refractivity contribution in [1.82, 2.24) is 20.0 Å². The molecular weight excluding hydrogens is 452 g/mol. The minimum Gasteiger partial charge on any atom is -0.497 e. The molecule has 2 aliphatic rings. The standard InChI is InChI=1S/C29H40N4O3/c1-22-17-23(2)19-33(18-22)28(35)21-32-15-13-31(14-16-32)20-27(34)30-29(24-7-5-4-6-8-24)25-9-11-26(36-3)12-10-25/h4-12,22-23,29H,13-21H2,1-3H3,(H,30,34)/t22-,23+,29-/m0/s1. The first-order valence-corrected chi connectivity index (χ1v) is 13.1. The van der Waals surface area contributed by atoms with Gasteiger partial charge < -0.3 is 15.0 Å². The molecule has 2 fully saturated rings. The molecule has 194 valence electrons. The predicted octanol–water partition coefficient (Wildman–Crippen LogP) is 3.02. The summed E-state index contributed by atoms with van der Waals surface area (Å²) < 4.78 is 5.29. The van der Waals surface area contributed by atoms with Gasteiger partial charge in [0, 0.05) is 39.3 Å². The van der Waals surface area contributed by atoms with Crippen LogP contribution in [0.5, 0.6) is 5.75 Å². The topological polar surface area (TPSA) is 65.1 Å². The van der Waals surface area contributed by atoms with Crippen molar-refractivity contribution in [3.05, 3.63) is 65.7 Å². The Balaban J connectivity index is 1.28. The number of hydrogen-bond acceptors (Lipinski definition) is 5. The third-order valence-electron chi connectivity index (χ3n) is 7.30. The van der Waals surface area contributed by atoms with Crippen LogP contribution >= 0.6 is 0 Å². The highest BCUT2D eigenvalue weighted by Crippen LogP contribution is 2.24. The van der Waals surface area contributed by atoms with E-state index >= 15 is 0 Å². The molecule has 2 saturated heterocycles. The molecule has 7 nitrogen and oxygen atoms in total. The molecule has 2 aromatic rings. The average molecular weight is 493 g/mol. The number of hydrogen-bond donors (Lipinski definition) is 1. The van der Waals surface area contributed by atoms with Crippen LogP contribution in [-0.4, -0.2) is 86.0 Å². The minimum atomic E-state index is -0.224. The summed E-state index contributed by atoms with van der Waals surface area (Å²) in [6.45, 7) is 10.2. The summed E-state index contributed by atoms with van der Waals surface area (Å²) in [7, 11) is 1.65. The number of piperazine rings is 1. The van der Waals surface area contributed by atoms with E-state index in [2.05, 4.69) is 29.0 Å². The lowest BCUT2D eigenvalue weighted by molar-refractivity contribution is -0.135. The third kappa shape index (κ3) is 7.08. The van der Waals surface area contributed by atoms with Crippen molar-refractivity contribution in [2.75, 3.05) is 59.5 Å². The molecule has 2 amide bonds. The molecule has 2 aliphatic heterocycles. The Morgan fingerprint density at radius 1 is 0.861 bits per heavy atom. The number of methoxy groups -OCH3 is 1. The lowest BCUT2D eigenvalue weighted by atomic mass is 9.92. The van der Waals surface area contributed by atoms with Crippen molar-refractivity contribution in [2.24, 2.45) is 11.8 Å². The zero-order valence-electron chi connectivity index (χ0n) is 21.9. The molecule has 0 radical (unpaired) electrons. The zero-order chi connectivity index (χ0) is 25.5. The number of ether oxygens (including phenoxy) is 1. The average Bonchev–Trinajstić information content (AvgIpc) is 2.88. The molecule has 1 N–H and O–H groups in total. The molecule has 7 heteroatoms. The second kappa shape index (κ2) is 12.4. The van der Waals surface area contributed by atoms with E-state index < -0.39 is 0 Å². The molecule has 0 spiro atoms. The van der Waals surface area contributed by atoms with E-state index in [-0.39, 0.29) is 17.9 Å². The Morgan fingerprint density at radius 2 is 1.42 bits per heavy atom. The fraction of sp³-hybridized carbons (Fsp3) is 0.517. The summed E-state index contributed by atoms with van der Waals surface area (Å²) in [6.07, 6.45) is 1.20. The van der Waals surface area contributed by atoms with Crippen LogP contribution in [0.4, 0.5) is 0 Å². The van der Waals surface area contributed by atoms with Crippen LogP contribution in [0.2, 0.25) is 0 Å². The molecule has 2 aromatic carbocycles. The second-order valence-electron chi connectivity index (χ2n) is 10.5. The molecule has 0 aliphatic carbocycles. The summed E-state index contributed by atoms with van der Waals surface area (Å²) in [5.74, 6) is 2.18. The van der Waals surface area contributed by atoms with E-state index in [9.17, 15) is 9.59 Å². The summed E-state index contributed by atoms with van der Waals surface area (Å²) in [5.41, 5.74) is 2.06. The van der Waals surface area contributed by atoms with Crippen LogP contribution in [0.3, 0.4) is 0 Å². The lowest BCUT2D eigenvalue weighted by Gasteiger charge is -2.38. The molecule has 0 aromatic heterocycles. The highest BCUT2D eigenvalue weighted by molar-refractivity contribution is 5.79. The van der Waals surface area contributed by atoms with E-state index in [1.165, 1.54) is 6.42 Å². The highest BCUT2D eigenvalue weighted by atomic mass is 16.5. The van der Waals surface area contributed by atoms with E-state index in [1.54, 1.807) is 7.11 Å². The van der Waals surface area contributed by atoms with Crippen molar-refractivity contribution < 1.29 is 14.3 Å². The van der Waals surface area contributed by atoms with Crippen LogP contribution < -0.4 is 10.1 Å². The number of likely N-dealkylation sites (tertiary alicyclic amines) is 1. The largest absolute Gasteiger partial charge is 0.497 e. The molecular formula is C29H40N4O3. The molecule has 4 rings (SSSR count). The van der Waals surface area contributed by atoms with Crippen molar-refractivity contribution in [3.8, 4) is 5.75 Å². The van der Waals surface area contributed by atoms with Gasteiger partial charge in [0.1, 0.15) is 5.75 Å². The van der Waals surface area contributed by atoms with E-state index in [0.29, 0.717) is 24.9 Å². The zero-order valence-corrected chi connectivity index (χ0v) is 21.9. The summed E-state index contributed by atoms with van der Waals surface area (Å²) in [6, 6.07) is 17.6. The van der Waals surface area contributed by atoms with Gasteiger partial charge in [0.15, 0.2) is 0 Å².